The maximum absolute atomic E-state index is 12.7. The highest BCUT2D eigenvalue weighted by Crippen LogP contribution is 2.32. The Kier molecular flexibility index (Phi) is 9.71. The summed E-state index contributed by atoms with van der Waals surface area (Å²) in [6.45, 7) is 3.43. The quantitative estimate of drug-likeness (QED) is 0.358. The standard InChI is InChI=1S/C29H34N4O7/c1-4-39-29(36)20-12-14-33(15-13-20)26(34)11-9-23-28(35)30-27(32-31-23)21-8-10-24(25(17-21)38-3)40-18-19-6-5-7-22(16-19)37-2/h5-8,10,16-17,20H,4,9,11-15,18H2,1-3H3,(H,30,32,35). The smallest absolute Gasteiger partial charge is 0.309 e. The van der Waals surface area contributed by atoms with E-state index in [0.717, 1.165) is 11.3 Å². The van der Waals surface area contributed by atoms with Gasteiger partial charge in [-0.3, -0.25) is 14.4 Å². The molecule has 2 aromatic carbocycles. The first-order chi connectivity index (χ1) is 19.4. The van der Waals surface area contributed by atoms with Gasteiger partial charge in [0.2, 0.25) is 5.91 Å². The summed E-state index contributed by atoms with van der Waals surface area (Å²) < 4.78 is 21.8. The molecule has 1 amide bonds. The van der Waals surface area contributed by atoms with Crippen molar-refractivity contribution >= 4 is 11.9 Å². The van der Waals surface area contributed by atoms with Gasteiger partial charge >= 0.3 is 5.97 Å². The molecule has 0 aliphatic carbocycles. The number of carbonyl (C=O) groups is 2. The third-order valence-electron chi connectivity index (χ3n) is 6.77. The number of hydrogen-bond donors (Lipinski definition) is 1. The first-order valence-electron chi connectivity index (χ1n) is 13.3. The second kappa shape index (κ2) is 13.6. The van der Waals surface area contributed by atoms with Gasteiger partial charge in [0.05, 0.1) is 26.7 Å². The summed E-state index contributed by atoms with van der Waals surface area (Å²) in [5.41, 5.74) is 1.32. The number of nitrogens with zero attached hydrogens (tertiary/aromatic N) is 3. The summed E-state index contributed by atoms with van der Waals surface area (Å²) in [7, 11) is 3.15. The van der Waals surface area contributed by atoms with Crippen LogP contribution in [0.15, 0.2) is 47.3 Å². The molecular formula is C29H34N4O7. The second-order valence-electron chi connectivity index (χ2n) is 9.36. The molecule has 0 bridgehead atoms. The first-order valence-corrected chi connectivity index (χ1v) is 13.3. The van der Waals surface area contributed by atoms with E-state index >= 15 is 0 Å². The Morgan fingerprint density at radius 1 is 1.02 bits per heavy atom. The van der Waals surface area contributed by atoms with E-state index in [1.165, 1.54) is 7.11 Å². The van der Waals surface area contributed by atoms with Crippen LogP contribution in [0, 0.1) is 5.92 Å². The molecule has 2 heterocycles. The van der Waals surface area contributed by atoms with Gasteiger partial charge in [0.25, 0.3) is 5.56 Å². The monoisotopic (exact) mass is 550 g/mol. The zero-order valence-electron chi connectivity index (χ0n) is 23.0. The van der Waals surface area contributed by atoms with Gasteiger partial charge in [0.1, 0.15) is 18.1 Å². The predicted molar refractivity (Wildman–Crippen MR) is 146 cm³/mol. The maximum Gasteiger partial charge on any atom is 0.309 e. The number of aromatic amines is 1. The van der Waals surface area contributed by atoms with E-state index in [-0.39, 0.29) is 42.2 Å². The fourth-order valence-corrected chi connectivity index (χ4v) is 4.52. The van der Waals surface area contributed by atoms with Crippen LogP contribution in [-0.4, -0.2) is 65.9 Å². The molecule has 11 nitrogen and oxygen atoms in total. The molecule has 4 rings (SSSR count). The molecule has 0 atom stereocenters. The number of carbonyl (C=O) groups excluding carboxylic acids is 2. The highest BCUT2D eigenvalue weighted by Gasteiger charge is 2.28. The lowest BCUT2D eigenvalue weighted by atomic mass is 9.96. The zero-order valence-corrected chi connectivity index (χ0v) is 23.0. The van der Waals surface area contributed by atoms with Crippen LogP contribution in [0.4, 0.5) is 0 Å². The molecule has 1 aromatic heterocycles. The number of rotatable bonds is 11. The maximum atomic E-state index is 12.7. The number of likely N-dealkylation sites (tertiary alicyclic amines) is 1. The van der Waals surface area contributed by atoms with Crippen molar-refractivity contribution in [2.45, 2.75) is 39.2 Å². The number of nitrogens with one attached hydrogen (secondary N) is 1. The molecule has 1 N–H and O–H groups in total. The van der Waals surface area contributed by atoms with Crippen LogP contribution in [0.2, 0.25) is 0 Å². The fourth-order valence-electron chi connectivity index (χ4n) is 4.52. The second-order valence-corrected chi connectivity index (χ2v) is 9.36. The van der Waals surface area contributed by atoms with Gasteiger partial charge in [-0.1, -0.05) is 12.1 Å². The van der Waals surface area contributed by atoms with Crippen molar-refractivity contribution in [2.75, 3.05) is 33.9 Å². The number of amides is 1. The number of hydrogen-bond acceptors (Lipinski definition) is 9. The Balaban J connectivity index is 1.34. The first kappa shape index (κ1) is 28.6. The van der Waals surface area contributed by atoms with Gasteiger partial charge in [-0.2, -0.15) is 0 Å². The Labute approximate surface area is 232 Å². The minimum absolute atomic E-state index is 0.0816. The largest absolute Gasteiger partial charge is 0.497 e. The van der Waals surface area contributed by atoms with Crippen LogP contribution in [-0.2, 0) is 27.4 Å². The van der Waals surface area contributed by atoms with E-state index in [1.54, 1.807) is 37.1 Å². The average Bonchev–Trinajstić information content (AvgIpc) is 2.99. The van der Waals surface area contributed by atoms with Crippen LogP contribution in [0.3, 0.4) is 0 Å². The number of ether oxygens (including phenoxy) is 4. The van der Waals surface area contributed by atoms with Gasteiger partial charge in [0, 0.05) is 31.5 Å². The van der Waals surface area contributed by atoms with Crippen LogP contribution < -0.4 is 19.8 Å². The van der Waals surface area contributed by atoms with E-state index in [2.05, 4.69) is 15.2 Å². The molecule has 0 spiro atoms. The van der Waals surface area contributed by atoms with Crippen molar-refractivity contribution in [3.63, 3.8) is 0 Å². The van der Waals surface area contributed by atoms with Crippen molar-refractivity contribution in [1.82, 2.24) is 20.1 Å². The summed E-state index contributed by atoms with van der Waals surface area (Å²) in [6.07, 6.45) is 1.45. The molecule has 0 unspecified atom stereocenters. The number of H-pyrrole nitrogens is 1. The van der Waals surface area contributed by atoms with Gasteiger partial charge < -0.3 is 28.8 Å². The lowest BCUT2D eigenvalue weighted by Gasteiger charge is -2.30. The molecule has 0 radical (unpaired) electrons. The van der Waals surface area contributed by atoms with E-state index in [0.29, 0.717) is 56.2 Å². The van der Waals surface area contributed by atoms with E-state index in [4.69, 9.17) is 18.9 Å². The van der Waals surface area contributed by atoms with Gasteiger partial charge in [-0.15, -0.1) is 10.2 Å². The van der Waals surface area contributed by atoms with Crippen molar-refractivity contribution in [2.24, 2.45) is 5.92 Å². The lowest BCUT2D eigenvalue weighted by Crippen LogP contribution is -2.40. The lowest BCUT2D eigenvalue weighted by molar-refractivity contribution is -0.151. The summed E-state index contributed by atoms with van der Waals surface area (Å²) in [5.74, 6) is 1.58. The Morgan fingerprint density at radius 3 is 2.52 bits per heavy atom. The Hall–Kier alpha value is -4.41. The topological polar surface area (TPSA) is 133 Å². The number of aromatic nitrogens is 3. The normalized spacial score (nSPS) is 13.5. The number of esters is 1. The Bertz CT molecular complexity index is 1380. The van der Waals surface area contributed by atoms with Crippen LogP contribution >= 0.6 is 0 Å². The van der Waals surface area contributed by atoms with Gasteiger partial charge in [0.15, 0.2) is 17.3 Å². The minimum Gasteiger partial charge on any atom is -0.497 e. The van der Waals surface area contributed by atoms with E-state index in [1.807, 2.05) is 24.3 Å². The number of aryl methyl sites for hydroxylation is 1. The molecule has 1 aliphatic heterocycles. The van der Waals surface area contributed by atoms with Crippen molar-refractivity contribution in [3.8, 4) is 28.6 Å². The van der Waals surface area contributed by atoms with Crippen molar-refractivity contribution in [1.29, 1.82) is 0 Å². The van der Waals surface area contributed by atoms with Crippen LogP contribution in [0.1, 0.15) is 37.4 Å². The highest BCUT2D eigenvalue weighted by atomic mass is 16.5. The highest BCUT2D eigenvalue weighted by molar-refractivity contribution is 5.77. The minimum atomic E-state index is -0.406. The third-order valence-corrected chi connectivity index (χ3v) is 6.77. The fraction of sp³-hybridized carbons (Fsp3) is 0.414. The molecule has 212 valence electrons. The average molecular weight is 551 g/mol. The van der Waals surface area contributed by atoms with Crippen LogP contribution in [0.5, 0.6) is 17.2 Å². The van der Waals surface area contributed by atoms with Crippen molar-refractivity contribution < 1.29 is 28.5 Å². The number of methoxy groups -OCH3 is 2. The van der Waals surface area contributed by atoms with Gasteiger partial charge in [-0.05, 0) is 55.7 Å². The van der Waals surface area contributed by atoms with Crippen LogP contribution in [0.25, 0.3) is 11.4 Å². The molecule has 3 aromatic rings. The zero-order chi connectivity index (χ0) is 28.5. The van der Waals surface area contributed by atoms with E-state index < -0.39 is 5.56 Å². The Morgan fingerprint density at radius 2 is 1.82 bits per heavy atom. The molecule has 0 saturated carbocycles. The summed E-state index contributed by atoms with van der Waals surface area (Å²) in [5, 5.41) is 8.26. The molecular weight excluding hydrogens is 516 g/mol. The molecule has 1 aliphatic rings. The van der Waals surface area contributed by atoms with Crippen molar-refractivity contribution in [3.05, 3.63) is 64.1 Å². The predicted octanol–water partition coefficient (Wildman–Crippen LogP) is 3.16. The number of piperidine rings is 1. The summed E-state index contributed by atoms with van der Waals surface area (Å²) in [6, 6.07) is 12.8. The number of benzene rings is 2. The summed E-state index contributed by atoms with van der Waals surface area (Å²) >= 11 is 0. The molecule has 40 heavy (non-hydrogen) atoms. The molecule has 1 saturated heterocycles. The van der Waals surface area contributed by atoms with Gasteiger partial charge in [-0.25, -0.2) is 0 Å². The molecule has 1 fully saturated rings. The SMILES string of the molecule is CCOC(=O)C1CCN(C(=O)CCc2nnc(-c3ccc(OCc4cccc(OC)c4)c(OC)c3)[nH]c2=O)CC1. The molecule has 11 heteroatoms. The summed E-state index contributed by atoms with van der Waals surface area (Å²) in [4.78, 5) is 41.8. The van der Waals surface area contributed by atoms with E-state index in [9.17, 15) is 14.4 Å². The third kappa shape index (κ3) is 7.16.